The fraction of sp³-hybridized carbons (Fsp3) is 0.111. The van der Waals surface area contributed by atoms with Gasteiger partial charge in [0, 0.05) is 5.56 Å². The monoisotopic (exact) mass is 322 g/mol. The molecule has 1 aromatic heterocycles. The standard InChI is InChI=1S/C18H14N2O4/c21-18(22)14-11-15(20(19-14)13-4-2-1-3-5-13)12-6-7-16-17(10-12)24-9-8-23-16/h1-7,10-11H,8-9H2,(H,21,22). The highest BCUT2D eigenvalue weighted by atomic mass is 16.6. The summed E-state index contributed by atoms with van der Waals surface area (Å²) < 4.78 is 12.8. The van der Waals surface area contributed by atoms with Crippen LogP contribution in [-0.4, -0.2) is 34.1 Å². The molecule has 6 nitrogen and oxygen atoms in total. The molecule has 0 spiro atoms. The van der Waals surface area contributed by atoms with Crippen LogP contribution in [0.5, 0.6) is 11.5 Å². The SMILES string of the molecule is O=C(O)c1cc(-c2ccc3c(c2)OCCO3)n(-c2ccccc2)n1. The molecule has 2 aromatic carbocycles. The first-order valence-corrected chi connectivity index (χ1v) is 7.51. The van der Waals surface area contributed by atoms with Gasteiger partial charge >= 0.3 is 5.97 Å². The lowest BCUT2D eigenvalue weighted by Crippen LogP contribution is -2.15. The number of nitrogens with zero attached hydrogens (tertiary/aromatic N) is 2. The third-order valence-electron chi connectivity index (χ3n) is 3.77. The number of hydrogen-bond donors (Lipinski definition) is 1. The number of ether oxygens (including phenoxy) is 2. The molecule has 6 heteroatoms. The Bertz CT molecular complexity index is 903. The Labute approximate surface area is 137 Å². The number of fused-ring (bicyclic) bond motifs is 1. The Morgan fingerprint density at radius 2 is 1.75 bits per heavy atom. The number of hydrogen-bond acceptors (Lipinski definition) is 4. The zero-order chi connectivity index (χ0) is 16.5. The molecule has 0 saturated heterocycles. The van der Waals surface area contributed by atoms with Gasteiger partial charge in [0.05, 0.1) is 11.4 Å². The number of carboxylic acids is 1. The molecular formula is C18H14N2O4. The second-order valence-corrected chi connectivity index (χ2v) is 5.33. The van der Waals surface area contributed by atoms with Gasteiger partial charge in [0.15, 0.2) is 17.2 Å². The maximum Gasteiger partial charge on any atom is 0.356 e. The van der Waals surface area contributed by atoms with Crippen LogP contribution >= 0.6 is 0 Å². The van der Waals surface area contributed by atoms with Gasteiger partial charge in [0.25, 0.3) is 0 Å². The lowest BCUT2D eigenvalue weighted by molar-refractivity contribution is 0.0690. The minimum atomic E-state index is -1.07. The summed E-state index contributed by atoms with van der Waals surface area (Å²) in [6.07, 6.45) is 0. The van der Waals surface area contributed by atoms with Crippen molar-refractivity contribution < 1.29 is 19.4 Å². The van der Waals surface area contributed by atoms with Crippen LogP contribution in [-0.2, 0) is 0 Å². The number of carboxylic acid groups (broad SMARTS) is 1. The van der Waals surface area contributed by atoms with Gasteiger partial charge in [-0.3, -0.25) is 0 Å². The van der Waals surface area contributed by atoms with E-state index in [1.807, 2.05) is 48.5 Å². The fourth-order valence-corrected chi connectivity index (χ4v) is 2.66. The Morgan fingerprint density at radius 1 is 1.00 bits per heavy atom. The first kappa shape index (κ1) is 14.3. The Kier molecular flexibility index (Phi) is 3.42. The summed E-state index contributed by atoms with van der Waals surface area (Å²) in [5.74, 6) is 0.272. The van der Waals surface area contributed by atoms with Crippen molar-refractivity contribution in [1.82, 2.24) is 9.78 Å². The van der Waals surface area contributed by atoms with Crippen molar-refractivity contribution in [2.75, 3.05) is 13.2 Å². The summed E-state index contributed by atoms with van der Waals surface area (Å²) in [5, 5.41) is 13.5. The molecule has 0 bridgehead atoms. The molecule has 0 amide bonds. The maximum absolute atomic E-state index is 11.3. The zero-order valence-corrected chi connectivity index (χ0v) is 12.7. The normalized spacial score (nSPS) is 12.8. The average molecular weight is 322 g/mol. The van der Waals surface area contributed by atoms with Crippen LogP contribution in [0.4, 0.5) is 0 Å². The third-order valence-corrected chi connectivity index (χ3v) is 3.77. The highest BCUT2D eigenvalue weighted by molar-refractivity contribution is 5.87. The fourth-order valence-electron chi connectivity index (χ4n) is 2.66. The van der Waals surface area contributed by atoms with E-state index in [1.165, 1.54) is 0 Å². The molecule has 120 valence electrons. The molecule has 2 heterocycles. The highest BCUT2D eigenvalue weighted by Gasteiger charge is 2.18. The second-order valence-electron chi connectivity index (χ2n) is 5.33. The molecule has 0 fully saturated rings. The van der Waals surface area contributed by atoms with E-state index in [1.54, 1.807) is 10.7 Å². The van der Waals surface area contributed by atoms with Crippen molar-refractivity contribution in [3.63, 3.8) is 0 Å². The molecule has 0 unspecified atom stereocenters. The molecule has 0 atom stereocenters. The summed E-state index contributed by atoms with van der Waals surface area (Å²) in [5.41, 5.74) is 2.26. The van der Waals surface area contributed by atoms with E-state index in [9.17, 15) is 9.90 Å². The predicted molar refractivity (Wildman–Crippen MR) is 86.9 cm³/mol. The van der Waals surface area contributed by atoms with Crippen molar-refractivity contribution in [2.24, 2.45) is 0 Å². The van der Waals surface area contributed by atoms with Crippen molar-refractivity contribution >= 4 is 5.97 Å². The zero-order valence-electron chi connectivity index (χ0n) is 12.7. The minimum absolute atomic E-state index is 0.0104. The summed E-state index contributed by atoms with van der Waals surface area (Å²) in [4.78, 5) is 11.3. The number of carbonyl (C=O) groups is 1. The molecule has 1 N–H and O–H groups in total. The Morgan fingerprint density at radius 3 is 2.50 bits per heavy atom. The summed E-state index contributed by atoms with van der Waals surface area (Å²) in [6, 6.07) is 16.5. The first-order chi connectivity index (χ1) is 11.7. The summed E-state index contributed by atoms with van der Waals surface area (Å²) in [6.45, 7) is 1.02. The number of aromatic carboxylic acids is 1. The molecule has 1 aliphatic rings. The lowest BCUT2D eigenvalue weighted by atomic mass is 10.1. The number of para-hydroxylation sites is 1. The number of benzene rings is 2. The van der Waals surface area contributed by atoms with Gasteiger partial charge in [-0.2, -0.15) is 5.10 Å². The van der Waals surface area contributed by atoms with E-state index >= 15 is 0 Å². The molecule has 3 aromatic rings. The van der Waals surface area contributed by atoms with E-state index < -0.39 is 5.97 Å². The van der Waals surface area contributed by atoms with Gasteiger partial charge in [0.1, 0.15) is 13.2 Å². The van der Waals surface area contributed by atoms with Crippen LogP contribution in [0, 0.1) is 0 Å². The first-order valence-electron chi connectivity index (χ1n) is 7.51. The molecule has 24 heavy (non-hydrogen) atoms. The van der Waals surface area contributed by atoms with Gasteiger partial charge in [-0.05, 0) is 36.4 Å². The van der Waals surface area contributed by atoms with Crippen LogP contribution in [0.15, 0.2) is 54.6 Å². The van der Waals surface area contributed by atoms with Crippen LogP contribution < -0.4 is 9.47 Å². The molecule has 1 aliphatic heterocycles. The third kappa shape index (κ3) is 2.48. The van der Waals surface area contributed by atoms with E-state index in [0.29, 0.717) is 30.4 Å². The van der Waals surface area contributed by atoms with Crippen LogP contribution in [0.25, 0.3) is 16.9 Å². The number of rotatable bonds is 3. The molecule has 0 saturated carbocycles. The van der Waals surface area contributed by atoms with E-state index in [2.05, 4.69) is 5.10 Å². The highest BCUT2D eigenvalue weighted by Crippen LogP contribution is 2.35. The molecule has 0 radical (unpaired) electrons. The van der Waals surface area contributed by atoms with Gasteiger partial charge in [-0.1, -0.05) is 18.2 Å². The largest absolute Gasteiger partial charge is 0.486 e. The Hall–Kier alpha value is -3.28. The van der Waals surface area contributed by atoms with Crippen LogP contribution in [0.3, 0.4) is 0 Å². The van der Waals surface area contributed by atoms with Gasteiger partial charge in [-0.15, -0.1) is 0 Å². The lowest BCUT2D eigenvalue weighted by Gasteiger charge is -2.19. The van der Waals surface area contributed by atoms with Gasteiger partial charge in [-0.25, -0.2) is 9.48 Å². The number of aromatic nitrogens is 2. The van der Waals surface area contributed by atoms with Gasteiger partial charge < -0.3 is 14.6 Å². The van der Waals surface area contributed by atoms with Crippen LogP contribution in [0.1, 0.15) is 10.5 Å². The summed E-state index contributed by atoms with van der Waals surface area (Å²) >= 11 is 0. The predicted octanol–water partition coefficient (Wildman–Crippen LogP) is 3.01. The van der Waals surface area contributed by atoms with Crippen molar-refractivity contribution in [2.45, 2.75) is 0 Å². The average Bonchev–Trinajstić information content (AvgIpc) is 3.08. The topological polar surface area (TPSA) is 73.6 Å². The van der Waals surface area contributed by atoms with Crippen molar-refractivity contribution in [1.29, 1.82) is 0 Å². The second kappa shape index (κ2) is 5.73. The quantitative estimate of drug-likeness (QED) is 0.802. The maximum atomic E-state index is 11.3. The van der Waals surface area contributed by atoms with Gasteiger partial charge in [0.2, 0.25) is 0 Å². The minimum Gasteiger partial charge on any atom is -0.486 e. The smallest absolute Gasteiger partial charge is 0.356 e. The van der Waals surface area contributed by atoms with Crippen molar-refractivity contribution in [3.8, 4) is 28.4 Å². The van der Waals surface area contributed by atoms with E-state index in [-0.39, 0.29) is 5.69 Å². The van der Waals surface area contributed by atoms with E-state index in [0.717, 1.165) is 11.3 Å². The summed E-state index contributed by atoms with van der Waals surface area (Å²) in [7, 11) is 0. The van der Waals surface area contributed by atoms with E-state index in [4.69, 9.17) is 9.47 Å². The Balaban J connectivity index is 1.86. The molecule has 4 rings (SSSR count). The van der Waals surface area contributed by atoms with Crippen LogP contribution in [0.2, 0.25) is 0 Å². The molecule has 0 aliphatic carbocycles. The molecular weight excluding hydrogens is 308 g/mol. The van der Waals surface area contributed by atoms with Crippen molar-refractivity contribution in [3.05, 3.63) is 60.3 Å².